The summed E-state index contributed by atoms with van der Waals surface area (Å²) >= 11 is 0. The van der Waals surface area contributed by atoms with E-state index in [1.54, 1.807) is 12.1 Å². The Labute approximate surface area is 162 Å². The Kier molecular flexibility index (Phi) is 4.69. The molecule has 1 saturated heterocycles. The van der Waals surface area contributed by atoms with Crippen molar-refractivity contribution in [1.82, 2.24) is 5.32 Å². The number of rotatable bonds is 4. The SMILES string of the molecule is CNC(=O)c1ccc(N2CCCC2c2cccc3ccccc23)c([N+](=O)[O-])c1. The first-order chi connectivity index (χ1) is 13.6. The van der Waals surface area contributed by atoms with E-state index in [4.69, 9.17) is 0 Å². The number of anilines is 1. The number of carbonyl (C=O) groups excluding carboxylic acids is 1. The van der Waals surface area contributed by atoms with Crippen molar-refractivity contribution in [3.63, 3.8) is 0 Å². The summed E-state index contributed by atoms with van der Waals surface area (Å²) in [6.45, 7) is 0.744. The van der Waals surface area contributed by atoms with Gasteiger partial charge in [0.1, 0.15) is 5.69 Å². The van der Waals surface area contributed by atoms with Crippen molar-refractivity contribution in [2.75, 3.05) is 18.5 Å². The Balaban J connectivity index is 1.80. The molecule has 1 unspecified atom stereocenters. The molecule has 3 aromatic rings. The molecule has 1 aliphatic heterocycles. The first kappa shape index (κ1) is 18.0. The molecule has 3 aromatic carbocycles. The van der Waals surface area contributed by atoms with Crippen molar-refractivity contribution in [1.29, 1.82) is 0 Å². The van der Waals surface area contributed by atoms with E-state index in [1.807, 2.05) is 18.2 Å². The number of nitro groups is 1. The predicted molar refractivity (Wildman–Crippen MR) is 110 cm³/mol. The average molecular weight is 375 g/mol. The molecule has 0 saturated carbocycles. The van der Waals surface area contributed by atoms with Crippen molar-refractivity contribution < 1.29 is 9.72 Å². The van der Waals surface area contributed by atoms with Gasteiger partial charge in [-0.25, -0.2) is 0 Å². The Morgan fingerprint density at radius 2 is 1.93 bits per heavy atom. The van der Waals surface area contributed by atoms with Crippen LogP contribution < -0.4 is 10.2 Å². The summed E-state index contributed by atoms with van der Waals surface area (Å²) in [5, 5.41) is 16.6. The molecule has 0 spiro atoms. The van der Waals surface area contributed by atoms with Crippen molar-refractivity contribution >= 4 is 28.1 Å². The third kappa shape index (κ3) is 3.07. The van der Waals surface area contributed by atoms with Crippen LogP contribution in [0.1, 0.15) is 34.8 Å². The predicted octanol–water partition coefficient (Wildman–Crippen LogP) is 4.45. The lowest BCUT2D eigenvalue weighted by molar-refractivity contribution is -0.384. The third-order valence-electron chi connectivity index (χ3n) is 5.41. The van der Waals surface area contributed by atoms with Crippen molar-refractivity contribution in [2.24, 2.45) is 0 Å². The molecule has 0 radical (unpaired) electrons. The summed E-state index contributed by atoms with van der Waals surface area (Å²) in [5.41, 5.74) is 2.00. The van der Waals surface area contributed by atoms with Gasteiger partial charge in [0.15, 0.2) is 0 Å². The van der Waals surface area contributed by atoms with Crippen LogP contribution in [0.4, 0.5) is 11.4 Å². The largest absolute Gasteiger partial charge is 0.359 e. The lowest BCUT2D eigenvalue weighted by atomic mass is 9.96. The fraction of sp³-hybridized carbons (Fsp3) is 0.227. The van der Waals surface area contributed by atoms with Crippen molar-refractivity contribution in [3.05, 3.63) is 81.9 Å². The van der Waals surface area contributed by atoms with Crippen molar-refractivity contribution in [3.8, 4) is 0 Å². The molecule has 6 heteroatoms. The van der Waals surface area contributed by atoms with Gasteiger partial charge in [0.25, 0.3) is 11.6 Å². The first-order valence-corrected chi connectivity index (χ1v) is 9.35. The highest BCUT2D eigenvalue weighted by molar-refractivity contribution is 5.95. The number of nitrogens with one attached hydrogen (secondary N) is 1. The van der Waals surface area contributed by atoms with Gasteiger partial charge < -0.3 is 10.2 Å². The molecule has 0 bridgehead atoms. The van der Waals surface area contributed by atoms with Gasteiger partial charge in [0.05, 0.1) is 11.0 Å². The topological polar surface area (TPSA) is 75.5 Å². The average Bonchev–Trinajstić information content (AvgIpc) is 3.21. The van der Waals surface area contributed by atoms with Crippen LogP contribution in [0.5, 0.6) is 0 Å². The van der Waals surface area contributed by atoms with Crippen LogP contribution in [0.3, 0.4) is 0 Å². The number of amides is 1. The number of nitro benzene ring substituents is 1. The van der Waals surface area contributed by atoms with E-state index in [0.29, 0.717) is 11.3 Å². The maximum Gasteiger partial charge on any atom is 0.293 e. The van der Waals surface area contributed by atoms with Gasteiger partial charge in [0, 0.05) is 25.2 Å². The minimum Gasteiger partial charge on any atom is -0.359 e. The van der Waals surface area contributed by atoms with E-state index in [-0.39, 0.29) is 17.6 Å². The summed E-state index contributed by atoms with van der Waals surface area (Å²) in [7, 11) is 1.51. The fourth-order valence-electron chi connectivity index (χ4n) is 4.12. The Hall–Kier alpha value is -3.41. The van der Waals surface area contributed by atoms with Gasteiger partial charge in [-0.3, -0.25) is 14.9 Å². The van der Waals surface area contributed by atoms with Crippen LogP contribution in [0.15, 0.2) is 60.7 Å². The second-order valence-electron chi connectivity index (χ2n) is 6.96. The number of carbonyl (C=O) groups is 1. The second kappa shape index (κ2) is 7.31. The highest BCUT2D eigenvalue weighted by Gasteiger charge is 2.32. The molecular weight excluding hydrogens is 354 g/mol. The lowest BCUT2D eigenvalue weighted by Crippen LogP contribution is -2.24. The lowest BCUT2D eigenvalue weighted by Gasteiger charge is -2.28. The Morgan fingerprint density at radius 3 is 2.71 bits per heavy atom. The van der Waals surface area contributed by atoms with E-state index >= 15 is 0 Å². The molecule has 1 heterocycles. The van der Waals surface area contributed by atoms with Gasteiger partial charge in [0.2, 0.25) is 0 Å². The van der Waals surface area contributed by atoms with Crippen LogP contribution in [0.2, 0.25) is 0 Å². The molecule has 1 amide bonds. The molecule has 6 nitrogen and oxygen atoms in total. The zero-order chi connectivity index (χ0) is 19.7. The summed E-state index contributed by atoms with van der Waals surface area (Å²) in [6, 6.07) is 19.2. The van der Waals surface area contributed by atoms with Crippen LogP contribution in [-0.2, 0) is 0 Å². The van der Waals surface area contributed by atoms with E-state index < -0.39 is 4.92 Å². The summed E-state index contributed by atoms with van der Waals surface area (Å²) in [4.78, 5) is 25.4. The summed E-state index contributed by atoms with van der Waals surface area (Å²) in [6.07, 6.45) is 1.89. The van der Waals surface area contributed by atoms with Gasteiger partial charge in [-0.15, -0.1) is 0 Å². The minimum atomic E-state index is -0.403. The van der Waals surface area contributed by atoms with E-state index in [0.717, 1.165) is 24.8 Å². The first-order valence-electron chi connectivity index (χ1n) is 9.35. The Morgan fingerprint density at radius 1 is 1.14 bits per heavy atom. The van der Waals surface area contributed by atoms with Crippen LogP contribution in [0, 0.1) is 10.1 Å². The Bertz CT molecular complexity index is 1060. The van der Waals surface area contributed by atoms with Crippen molar-refractivity contribution in [2.45, 2.75) is 18.9 Å². The van der Waals surface area contributed by atoms with E-state index in [2.05, 4.69) is 34.5 Å². The molecule has 1 atom stereocenters. The number of hydrogen-bond donors (Lipinski definition) is 1. The molecule has 4 rings (SSSR count). The van der Waals surface area contributed by atoms with Crippen LogP contribution in [-0.4, -0.2) is 24.4 Å². The van der Waals surface area contributed by atoms with E-state index in [1.165, 1.54) is 24.1 Å². The standard InChI is InChI=1S/C22H21N3O3/c1-23-22(26)16-11-12-20(21(14-16)25(27)28)24-13-5-10-19(24)18-9-4-7-15-6-2-3-8-17(15)18/h2-4,6-9,11-12,14,19H,5,10,13H2,1H3,(H,23,26). The number of fused-ring (bicyclic) bond motifs is 1. The van der Waals surface area contributed by atoms with Gasteiger partial charge >= 0.3 is 0 Å². The molecule has 1 aliphatic rings. The molecule has 1 fully saturated rings. The maximum atomic E-state index is 11.9. The van der Waals surface area contributed by atoms with Crippen LogP contribution >= 0.6 is 0 Å². The van der Waals surface area contributed by atoms with Gasteiger partial charge in [-0.05, 0) is 41.3 Å². The fourth-order valence-corrected chi connectivity index (χ4v) is 4.12. The number of nitrogens with zero attached hydrogens (tertiary/aromatic N) is 2. The molecule has 142 valence electrons. The normalized spacial score (nSPS) is 16.3. The molecule has 1 N–H and O–H groups in total. The van der Waals surface area contributed by atoms with Gasteiger partial charge in [-0.2, -0.15) is 0 Å². The third-order valence-corrected chi connectivity index (χ3v) is 5.41. The smallest absolute Gasteiger partial charge is 0.293 e. The quantitative estimate of drug-likeness (QED) is 0.540. The second-order valence-corrected chi connectivity index (χ2v) is 6.96. The molecule has 0 aliphatic carbocycles. The molecule has 28 heavy (non-hydrogen) atoms. The van der Waals surface area contributed by atoms with Gasteiger partial charge in [-0.1, -0.05) is 42.5 Å². The minimum absolute atomic E-state index is 0.0340. The zero-order valence-electron chi connectivity index (χ0n) is 15.6. The van der Waals surface area contributed by atoms with E-state index in [9.17, 15) is 14.9 Å². The number of benzene rings is 3. The monoisotopic (exact) mass is 375 g/mol. The summed E-state index contributed by atoms with van der Waals surface area (Å²) in [5.74, 6) is -0.332. The molecular formula is C22H21N3O3. The highest BCUT2D eigenvalue weighted by Crippen LogP contribution is 2.42. The zero-order valence-corrected chi connectivity index (χ0v) is 15.6. The highest BCUT2D eigenvalue weighted by atomic mass is 16.6. The molecule has 0 aromatic heterocycles. The number of hydrogen-bond acceptors (Lipinski definition) is 4. The maximum absolute atomic E-state index is 11.9. The summed E-state index contributed by atoms with van der Waals surface area (Å²) < 4.78 is 0. The van der Waals surface area contributed by atoms with Crippen LogP contribution in [0.25, 0.3) is 10.8 Å².